The van der Waals surface area contributed by atoms with Crippen LogP contribution in [0.5, 0.6) is 0 Å². The molecule has 0 radical (unpaired) electrons. The Kier molecular flexibility index (Phi) is 3.44. The smallest absolute Gasteiger partial charge is 0.116 e. The summed E-state index contributed by atoms with van der Waals surface area (Å²) in [5.41, 5.74) is 2.16. The van der Waals surface area contributed by atoms with Gasteiger partial charge in [0.2, 0.25) is 0 Å². The zero-order valence-corrected chi connectivity index (χ0v) is 10.8. The number of benzene rings is 1. The highest BCUT2D eigenvalue weighted by Crippen LogP contribution is 2.23. The van der Waals surface area contributed by atoms with Gasteiger partial charge >= 0.3 is 0 Å². The zero-order valence-electron chi connectivity index (χ0n) is 9.10. The van der Waals surface area contributed by atoms with Crippen molar-refractivity contribution >= 4 is 29.0 Å². The molecule has 1 aromatic rings. The number of para-hydroxylation sites is 1. The Morgan fingerprint density at radius 1 is 0.941 bits per heavy atom. The van der Waals surface area contributed by atoms with E-state index in [-0.39, 0.29) is 17.0 Å². The first-order valence-electron chi connectivity index (χ1n) is 5.17. The molecular weight excluding hydrogens is 278 g/mol. The minimum absolute atomic E-state index is 0. The van der Waals surface area contributed by atoms with Crippen molar-refractivity contribution in [2.24, 2.45) is 4.99 Å². The van der Waals surface area contributed by atoms with E-state index >= 15 is 0 Å². The van der Waals surface area contributed by atoms with Crippen molar-refractivity contribution in [2.75, 3.05) is 5.01 Å². The van der Waals surface area contributed by atoms with Crippen LogP contribution in [0.4, 0.5) is 5.69 Å². The molecule has 0 unspecified atom stereocenters. The third kappa shape index (κ3) is 2.17. The van der Waals surface area contributed by atoms with E-state index in [0.717, 1.165) is 11.4 Å². The van der Waals surface area contributed by atoms with Gasteiger partial charge in [-0.3, -0.25) is 5.01 Å². The average molecular weight is 290 g/mol. The van der Waals surface area contributed by atoms with Gasteiger partial charge < -0.3 is 0 Å². The average Bonchev–Trinajstić information content (AvgIpc) is 2.39. The first-order chi connectivity index (χ1) is 7.95. The van der Waals surface area contributed by atoms with Gasteiger partial charge in [0.1, 0.15) is 6.34 Å². The summed E-state index contributed by atoms with van der Waals surface area (Å²) >= 11 is 0. The Labute approximate surface area is 111 Å². The van der Waals surface area contributed by atoms with Crippen molar-refractivity contribution in [3.05, 3.63) is 66.7 Å². The van der Waals surface area contributed by atoms with Gasteiger partial charge in [-0.1, -0.05) is 24.3 Å². The second kappa shape index (κ2) is 5.01. The Bertz CT molecular complexity index is 503. The first kappa shape index (κ1) is 11.7. The van der Waals surface area contributed by atoms with Crippen LogP contribution >= 0.6 is 17.0 Å². The summed E-state index contributed by atoms with van der Waals surface area (Å²) in [6, 6.07) is 10.2. The molecule has 2 aliphatic heterocycles. The fourth-order valence-corrected chi connectivity index (χ4v) is 1.75. The van der Waals surface area contributed by atoms with Gasteiger partial charge in [0.05, 0.1) is 17.6 Å². The molecule has 0 N–H and O–H groups in total. The quantitative estimate of drug-likeness (QED) is 0.790. The fraction of sp³-hybridized carbons (Fsp3) is 0. The number of nitrogens with zero attached hydrogens (tertiary/aromatic N) is 3. The predicted octanol–water partition coefficient (Wildman–Crippen LogP) is 3.25. The standard InChI is InChI=1S/C13H11N3.BrH/c1-2-6-12(7-3-1)16-11-14-10-13-8-4-5-9-15(13)16;/h1-11H;1H. The van der Waals surface area contributed by atoms with Gasteiger partial charge in [-0.2, -0.15) is 0 Å². The van der Waals surface area contributed by atoms with Crippen LogP contribution in [0.1, 0.15) is 0 Å². The molecule has 0 spiro atoms. The molecule has 0 fully saturated rings. The van der Waals surface area contributed by atoms with Crippen LogP contribution in [0.2, 0.25) is 0 Å². The van der Waals surface area contributed by atoms with E-state index in [1.54, 1.807) is 0 Å². The first-order valence-corrected chi connectivity index (χ1v) is 5.17. The van der Waals surface area contributed by atoms with Crippen LogP contribution in [-0.4, -0.2) is 11.3 Å². The lowest BCUT2D eigenvalue weighted by Gasteiger charge is -2.35. The third-order valence-corrected chi connectivity index (χ3v) is 2.51. The fourth-order valence-electron chi connectivity index (χ4n) is 1.75. The van der Waals surface area contributed by atoms with E-state index in [9.17, 15) is 0 Å². The maximum absolute atomic E-state index is 4.23. The number of rotatable bonds is 1. The topological polar surface area (TPSA) is 18.8 Å². The summed E-state index contributed by atoms with van der Waals surface area (Å²) < 4.78 is 0. The molecule has 2 heterocycles. The highest BCUT2D eigenvalue weighted by atomic mass is 79.9. The zero-order chi connectivity index (χ0) is 10.8. The summed E-state index contributed by atoms with van der Waals surface area (Å²) in [6.07, 6.45) is 11.7. The van der Waals surface area contributed by atoms with E-state index in [4.69, 9.17) is 0 Å². The largest absolute Gasteiger partial charge is 0.254 e. The third-order valence-electron chi connectivity index (χ3n) is 2.51. The molecule has 86 valence electrons. The highest BCUT2D eigenvalue weighted by molar-refractivity contribution is 8.93. The molecule has 0 saturated carbocycles. The van der Waals surface area contributed by atoms with Crippen molar-refractivity contribution in [3.63, 3.8) is 0 Å². The summed E-state index contributed by atoms with van der Waals surface area (Å²) in [5, 5.41) is 4.07. The van der Waals surface area contributed by atoms with Crippen molar-refractivity contribution < 1.29 is 0 Å². The van der Waals surface area contributed by atoms with Gasteiger partial charge in [0, 0.05) is 6.20 Å². The summed E-state index contributed by atoms with van der Waals surface area (Å²) in [5.74, 6) is 0. The Morgan fingerprint density at radius 2 is 1.76 bits per heavy atom. The maximum atomic E-state index is 4.23. The van der Waals surface area contributed by atoms with Crippen LogP contribution in [0.3, 0.4) is 0 Å². The molecule has 4 heteroatoms. The van der Waals surface area contributed by atoms with Gasteiger partial charge in [0.25, 0.3) is 0 Å². The monoisotopic (exact) mass is 289 g/mol. The SMILES string of the molecule is Br.C1=CC2=CN=CN(c3ccccc3)N2C=C1. The second-order valence-electron chi connectivity index (χ2n) is 3.54. The van der Waals surface area contributed by atoms with Crippen molar-refractivity contribution in [1.82, 2.24) is 5.01 Å². The van der Waals surface area contributed by atoms with Crippen LogP contribution in [-0.2, 0) is 0 Å². The van der Waals surface area contributed by atoms with Gasteiger partial charge in [-0.15, -0.1) is 17.0 Å². The highest BCUT2D eigenvalue weighted by Gasteiger charge is 2.17. The minimum Gasteiger partial charge on any atom is -0.254 e. The van der Waals surface area contributed by atoms with Crippen LogP contribution in [0.25, 0.3) is 0 Å². The Balaban J connectivity index is 0.00000108. The lowest BCUT2D eigenvalue weighted by molar-refractivity contribution is 0.495. The van der Waals surface area contributed by atoms with Gasteiger partial charge in [0.15, 0.2) is 0 Å². The summed E-state index contributed by atoms with van der Waals surface area (Å²) in [6.45, 7) is 0. The number of fused-ring (bicyclic) bond motifs is 1. The molecule has 0 amide bonds. The minimum atomic E-state index is 0. The molecule has 2 aliphatic rings. The van der Waals surface area contributed by atoms with E-state index in [1.807, 2.05) is 60.2 Å². The molecule has 0 atom stereocenters. The van der Waals surface area contributed by atoms with Crippen molar-refractivity contribution in [1.29, 1.82) is 0 Å². The van der Waals surface area contributed by atoms with E-state index in [1.165, 1.54) is 0 Å². The van der Waals surface area contributed by atoms with Crippen LogP contribution in [0.15, 0.2) is 71.6 Å². The van der Waals surface area contributed by atoms with E-state index < -0.39 is 0 Å². The number of hydrogen-bond acceptors (Lipinski definition) is 3. The summed E-state index contributed by atoms with van der Waals surface area (Å²) in [4.78, 5) is 4.23. The van der Waals surface area contributed by atoms with Crippen LogP contribution < -0.4 is 5.01 Å². The van der Waals surface area contributed by atoms with E-state index in [2.05, 4.69) is 22.1 Å². The van der Waals surface area contributed by atoms with Crippen molar-refractivity contribution in [3.8, 4) is 0 Å². The molecule has 0 aliphatic carbocycles. The van der Waals surface area contributed by atoms with Crippen molar-refractivity contribution in [2.45, 2.75) is 0 Å². The molecule has 0 bridgehead atoms. The second-order valence-corrected chi connectivity index (χ2v) is 3.54. The van der Waals surface area contributed by atoms with Gasteiger partial charge in [-0.25, -0.2) is 10.0 Å². The molecular formula is C13H12BrN3. The number of hydrogen-bond donors (Lipinski definition) is 0. The molecule has 3 nitrogen and oxygen atoms in total. The molecule has 17 heavy (non-hydrogen) atoms. The number of aliphatic imine (C=N–C) groups is 1. The lowest BCUT2D eigenvalue weighted by Crippen LogP contribution is -2.39. The number of halogens is 1. The number of hydrazine groups is 1. The Hall–Kier alpha value is -1.81. The molecule has 0 saturated heterocycles. The summed E-state index contributed by atoms with van der Waals surface area (Å²) in [7, 11) is 0. The predicted molar refractivity (Wildman–Crippen MR) is 75.9 cm³/mol. The van der Waals surface area contributed by atoms with E-state index in [0.29, 0.717) is 0 Å². The number of allylic oxidation sites excluding steroid dienone is 3. The van der Waals surface area contributed by atoms with Crippen LogP contribution in [0, 0.1) is 0 Å². The normalized spacial score (nSPS) is 16.4. The maximum Gasteiger partial charge on any atom is 0.116 e. The lowest BCUT2D eigenvalue weighted by atomic mass is 10.3. The van der Waals surface area contributed by atoms with Gasteiger partial charge in [-0.05, 0) is 24.3 Å². The molecule has 3 rings (SSSR count). The molecule has 1 aromatic carbocycles. The Morgan fingerprint density at radius 3 is 2.59 bits per heavy atom. The number of anilines is 1. The molecule has 0 aromatic heterocycles.